The van der Waals surface area contributed by atoms with E-state index in [2.05, 4.69) is 5.32 Å². The molecule has 1 saturated heterocycles. The first kappa shape index (κ1) is 15.4. The fourth-order valence-electron chi connectivity index (χ4n) is 6.46. The number of amides is 1. The molecule has 33 heavy (non-hydrogen) atoms. The van der Waals surface area contributed by atoms with Crippen LogP contribution in [0.25, 0.3) is 43.6 Å². The molecule has 3 atom stereocenters. The summed E-state index contributed by atoms with van der Waals surface area (Å²) in [6.45, 7) is -3.32. The first-order chi connectivity index (χ1) is 17.2. The molecule has 7 heteroatoms. The molecule has 3 aromatic carbocycles. The molecule has 164 valence electrons. The number of ether oxygens (including phenoxy) is 1. The second kappa shape index (κ2) is 5.39. The third-order valence-corrected chi connectivity index (χ3v) is 7.83. The SMILES string of the molecule is [2H]C([2H])([2H])C12OC(CC1(O)CO)n1c3ccccc3c3c4c(c5c6ccccc6n2c5c31)CNC4=O. The highest BCUT2D eigenvalue weighted by atomic mass is 16.6. The van der Waals surface area contributed by atoms with Crippen LogP contribution in [0.5, 0.6) is 0 Å². The lowest BCUT2D eigenvalue weighted by Crippen LogP contribution is -2.53. The average Bonchev–Trinajstić information content (AvgIpc) is 3.55. The summed E-state index contributed by atoms with van der Waals surface area (Å²) in [6, 6.07) is 15.0. The Morgan fingerprint density at radius 1 is 1.12 bits per heavy atom. The van der Waals surface area contributed by atoms with Gasteiger partial charge in [-0.05, 0) is 24.5 Å². The predicted molar refractivity (Wildman–Crippen MR) is 124 cm³/mol. The van der Waals surface area contributed by atoms with Crippen molar-refractivity contribution in [2.24, 2.45) is 0 Å². The first-order valence-electron chi connectivity index (χ1n) is 12.5. The highest BCUT2D eigenvalue weighted by molar-refractivity contribution is 6.31. The standard InChI is InChI=1S/C26H21N3O4/c1-25-26(32,12-30)10-18(33-25)28-16-8-4-2-6-13(16)20-21-15(11-27-24(21)31)19-14-7-3-5-9-17(14)29(25)23(19)22(20)28/h2-9,18,30,32H,10-12H2,1H3,(H,27,31)/i1D3. The van der Waals surface area contributed by atoms with E-state index in [0.717, 1.165) is 32.6 Å². The van der Waals surface area contributed by atoms with Crippen LogP contribution in [0.1, 0.15) is 39.5 Å². The number of fused-ring (bicyclic) bond motifs is 13. The number of carbonyl (C=O) groups is 1. The van der Waals surface area contributed by atoms with Crippen LogP contribution in [0.4, 0.5) is 0 Å². The molecular formula is C26H21N3O4. The van der Waals surface area contributed by atoms with Gasteiger partial charge in [0.15, 0.2) is 5.72 Å². The number of nitrogens with one attached hydrogen (secondary N) is 1. The van der Waals surface area contributed by atoms with Crippen molar-refractivity contribution in [1.82, 2.24) is 14.5 Å². The normalized spacial score (nSPS) is 29.6. The van der Waals surface area contributed by atoms with Crippen molar-refractivity contribution in [3.8, 4) is 0 Å². The lowest BCUT2D eigenvalue weighted by molar-refractivity contribution is -0.189. The minimum Gasteiger partial charge on any atom is -0.393 e. The molecule has 2 aromatic heterocycles. The Kier molecular flexibility index (Phi) is 2.52. The Morgan fingerprint density at radius 2 is 1.85 bits per heavy atom. The van der Waals surface area contributed by atoms with Gasteiger partial charge in [-0.1, -0.05) is 36.4 Å². The van der Waals surface area contributed by atoms with Gasteiger partial charge in [0.25, 0.3) is 5.91 Å². The minimum absolute atomic E-state index is 0.133. The van der Waals surface area contributed by atoms with Crippen LogP contribution in [-0.2, 0) is 17.0 Å². The van der Waals surface area contributed by atoms with Crippen LogP contribution in [-0.4, -0.2) is 37.5 Å². The van der Waals surface area contributed by atoms with Gasteiger partial charge in [0.05, 0.1) is 34.2 Å². The Balaban J connectivity index is 1.77. The number of rotatable bonds is 1. The van der Waals surface area contributed by atoms with Crippen LogP contribution < -0.4 is 5.32 Å². The number of nitrogens with zero attached hydrogens (tertiary/aromatic N) is 2. The van der Waals surface area contributed by atoms with Crippen LogP contribution in [0.3, 0.4) is 0 Å². The largest absolute Gasteiger partial charge is 0.393 e. The number of hydrogen-bond acceptors (Lipinski definition) is 4. The summed E-state index contributed by atoms with van der Waals surface area (Å²) in [5, 5.41) is 28.5. The minimum atomic E-state index is -2.84. The molecule has 0 aliphatic carbocycles. The molecule has 2 bridgehead atoms. The third-order valence-electron chi connectivity index (χ3n) is 7.83. The summed E-state index contributed by atoms with van der Waals surface area (Å²) in [6.07, 6.45) is -1.01. The van der Waals surface area contributed by atoms with Crippen molar-refractivity contribution < 1.29 is 23.9 Å². The molecule has 0 spiro atoms. The lowest BCUT2D eigenvalue weighted by Gasteiger charge is -2.38. The number of aromatic nitrogens is 2. The highest BCUT2D eigenvalue weighted by Crippen LogP contribution is 2.57. The maximum Gasteiger partial charge on any atom is 0.252 e. The van der Waals surface area contributed by atoms with Gasteiger partial charge in [-0.25, -0.2) is 0 Å². The van der Waals surface area contributed by atoms with Crippen molar-refractivity contribution in [2.75, 3.05) is 6.61 Å². The number of carbonyl (C=O) groups excluding carboxylic acids is 1. The maximum atomic E-state index is 13.2. The number of benzene rings is 3. The molecule has 0 radical (unpaired) electrons. The zero-order valence-electron chi connectivity index (χ0n) is 20.4. The molecule has 5 heterocycles. The van der Waals surface area contributed by atoms with Gasteiger partial charge in [0.2, 0.25) is 0 Å². The number of aliphatic hydroxyl groups is 2. The summed E-state index contributed by atoms with van der Waals surface area (Å²) >= 11 is 0. The maximum absolute atomic E-state index is 13.2. The van der Waals surface area contributed by atoms with Crippen molar-refractivity contribution in [3.05, 3.63) is 59.7 Å². The van der Waals surface area contributed by atoms with Crippen LogP contribution in [0, 0.1) is 0 Å². The van der Waals surface area contributed by atoms with E-state index in [9.17, 15) is 15.0 Å². The summed E-state index contributed by atoms with van der Waals surface area (Å²) in [5.74, 6) is -0.167. The fraction of sp³-hybridized carbons (Fsp3) is 0.269. The van der Waals surface area contributed by atoms with Gasteiger partial charge in [0.1, 0.15) is 11.8 Å². The number of para-hydroxylation sites is 2. The molecule has 0 saturated carbocycles. The Bertz CT molecular complexity index is 1840. The van der Waals surface area contributed by atoms with Crippen molar-refractivity contribution in [3.63, 3.8) is 0 Å². The van der Waals surface area contributed by atoms with Crippen LogP contribution >= 0.6 is 0 Å². The van der Waals surface area contributed by atoms with E-state index in [-0.39, 0.29) is 12.3 Å². The Hall–Kier alpha value is -3.39. The number of aliphatic hydroxyl groups excluding tert-OH is 1. The predicted octanol–water partition coefficient (Wildman–Crippen LogP) is 3.47. The smallest absolute Gasteiger partial charge is 0.252 e. The van der Waals surface area contributed by atoms with Gasteiger partial charge in [-0.2, -0.15) is 0 Å². The molecule has 3 unspecified atom stereocenters. The highest BCUT2D eigenvalue weighted by Gasteiger charge is 2.60. The van der Waals surface area contributed by atoms with E-state index in [0.29, 0.717) is 28.7 Å². The zero-order chi connectivity index (χ0) is 24.8. The van der Waals surface area contributed by atoms with Gasteiger partial charge in [-0.15, -0.1) is 0 Å². The third kappa shape index (κ3) is 1.75. The topological polar surface area (TPSA) is 88.7 Å². The van der Waals surface area contributed by atoms with Crippen molar-refractivity contribution in [1.29, 1.82) is 0 Å². The second-order valence-corrected chi connectivity index (χ2v) is 9.33. The summed E-state index contributed by atoms with van der Waals surface area (Å²) in [5.41, 5.74) is -0.341. The van der Waals surface area contributed by atoms with E-state index in [1.54, 1.807) is 10.6 Å². The van der Waals surface area contributed by atoms with E-state index >= 15 is 0 Å². The first-order valence-corrected chi connectivity index (χ1v) is 11.0. The lowest BCUT2D eigenvalue weighted by atomic mass is 9.89. The van der Waals surface area contributed by atoms with E-state index < -0.39 is 31.0 Å². The van der Waals surface area contributed by atoms with Gasteiger partial charge in [-0.3, -0.25) is 4.79 Å². The van der Waals surface area contributed by atoms with E-state index in [1.165, 1.54) is 0 Å². The van der Waals surface area contributed by atoms with Crippen molar-refractivity contribution >= 4 is 49.5 Å². The summed E-state index contributed by atoms with van der Waals surface area (Å²) in [7, 11) is 0. The molecule has 7 nitrogen and oxygen atoms in total. The van der Waals surface area contributed by atoms with Crippen molar-refractivity contribution in [2.45, 2.75) is 37.4 Å². The summed E-state index contributed by atoms with van der Waals surface area (Å²) < 4.78 is 36.0. The quantitative estimate of drug-likeness (QED) is 0.371. The monoisotopic (exact) mass is 442 g/mol. The summed E-state index contributed by atoms with van der Waals surface area (Å²) in [4.78, 5) is 13.2. The molecule has 3 aliphatic heterocycles. The molecule has 1 fully saturated rings. The number of hydrogen-bond donors (Lipinski definition) is 3. The fourth-order valence-corrected chi connectivity index (χ4v) is 6.46. The molecule has 1 amide bonds. The van der Waals surface area contributed by atoms with E-state index in [4.69, 9.17) is 8.85 Å². The van der Waals surface area contributed by atoms with Gasteiger partial charge >= 0.3 is 0 Å². The molecule has 5 aromatic rings. The zero-order valence-corrected chi connectivity index (χ0v) is 17.4. The average molecular weight is 442 g/mol. The second-order valence-electron chi connectivity index (χ2n) is 9.33. The molecule has 8 rings (SSSR count). The van der Waals surface area contributed by atoms with Gasteiger partial charge < -0.3 is 29.4 Å². The molecule has 3 aliphatic rings. The molecular weight excluding hydrogens is 418 g/mol. The molecule has 3 N–H and O–H groups in total. The van der Waals surface area contributed by atoms with Crippen LogP contribution in [0.15, 0.2) is 48.5 Å². The Morgan fingerprint density at radius 3 is 2.61 bits per heavy atom. The Labute approximate surface area is 192 Å². The van der Waals surface area contributed by atoms with E-state index in [1.807, 2.05) is 47.0 Å². The van der Waals surface area contributed by atoms with Crippen LogP contribution in [0.2, 0.25) is 0 Å². The van der Waals surface area contributed by atoms with Gasteiger partial charge in [0, 0.05) is 38.6 Å².